The van der Waals surface area contributed by atoms with Crippen LogP contribution in [-0.2, 0) is 0 Å². The maximum Gasteiger partial charge on any atom is 0.175 e. The highest BCUT2D eigenvalue weighted by Gasteiger charge is 2.18. The maximum atomic E-state index is 5.52. The van der Waals surface area contributed by atoms with Gasteiger partial charge in [-0.1, -0.05) is 5.16 Å². The Hall–Kier alpha value is -3.15. The zero-order valence-electron chi connectivity index (χ0n) is 14.4. The van der Waals surface area contributed by atoms with E-state index in [1.807, 2.05) is 24.3 Å². The molecule has 0 atom stereocenters. The summed E-state index contributed by atoms with van der Waals surface area (Å²) in [5, 5.41) is 8.68. The van der Waals surface area contributed by atoms with Crippen molar-refractivity contribution in [3.05, 3.63) is 30.5 Å². The molecule has 6 heteroatoms. The second-order valence-electron chi connectivity index (χ2n) is 5.57. The van der Waals surface area contributed by atoms with E-state index in [-0.39, 0.29) is 0 Å². The minimum absolute atomic E-state index is 0.632. The lowest BCUT2D eigenvalue weighted by atomic mass is 9.97. The lowest BCUT2D eigenvalue weighted by Crippen LogP contribution is -1.93. The molecule has 0 amide bonds. The second-order valence-corrected chi connectivity index (χ2v) is 5.57. The van der Waals surface area contributed by atoms with Crippen molar-refractivity contribution >= 4 is 32.5 Å². The largest absolute Gasteiger partial charge is 0.493 e. The topological polar surface area (TPSA) is 63.0 Å². The van der Waals surface area contributed by atoms with Crippen LogP contribution < -0.4 is 18.9 Å². The van der Waals surface area contributed by atoms with E-state index in [1.54, 1.807) is 34.6 Å². The molecule has 4 aromatic rings. The smallest absolute Gasteiger partial charge is 0.175 e. The fourth-order valence-corrected chi connectivity index (χ4v) is 3.24. The fourth-order valence-electron chi connectivity index (χ4n) is 3.24. The van der Waals surface area contributed by atoms with Crippen molar-refractivity contribution in [2.45, 2.75) is 0 Å². The molecule has 0 aliphatic rings. The van der Waals surface area contributed by atoms with E-state index in [2.05, 4.69) is 5.16 Å². The highest BCUT2D eigenvalue weighted by atomic mass is 16.5. The number of nitrogens with zero attached hydrogens (tertiary/aromatic N) is 1. The molecule has 6 nitrogen and oxygen atoms in total. The van der Waals surface area contributed by atoms with Crippen molar-refractivity contribution < 1.29 is 23.5 Å². The first-order valence-corrected chi connectivity index (χ1v) is 7.69. The number of ether oxygens (including phenoxy) is 4. The summed E-state index contributed by atoms with van der Waals surface area (Å²) >= 11 is 0. The summed E-state index contributed by atoms with van der Waals surface area (Å²) in [5.41, 5.74) is 0.690. The molecule has 0 N–H and O–H groups in total. The maximum absolute atomic E-state index is 5.52. The Morgan fingerprint density at radius 2 is 1.00 bits per heavy atom. The molecular formula is C19H17NO5. The summed E-state index contributed by atoms with van der Waals surface area (Å²) in [6.07, 6.45) is 1.71. The Bertz CT molecular complexity index is 1010. The Labute approximate surface area is 143 Å². The molecule has 1 heterocycles. The molecule has 0 spiro atoms. The van der Waals surface area contributed by atoms with Crippen LogP contribution in [0.2, 0.25) is 0 Å². The summed E-state index contributed by atoms with van der Waals surface area (Å²) in [6.45, 7) is 0. The van der Waals surface area contributed by atoms with Crippen LogP contribution in [0.1, 0.15) is 0 Å². The van der Waals surface area contributed by atoms with Gasteiger partial charge in [0.25, 0.3) is 0 Å². The molecule has 0 aliphatic heterocycles. The molecule has 0 saturated heterocycles. The van der Waals surface area contributed by atoms with Gasteiger partial charge in [-0.2, -0.15) is 0 Å². The summed E-state index contributed by atoms with van der Waals surface area (Å²) in [6, 6.07) is 7.72. The van der Waals surface area contributed by atoms with Gasteiger partial charge in [0.2, 0.25) is 0 Å². The summed E-state index contributed by atoms with van der Waals surface area (Å²) in [4.78, 5) is 0. The summed E-state index contributed by atoms with van der Waals surface area (Å²) < 4.78 is 27.3. The molecule has 128 valence electrons. The van der Waals surface area contributed by atoms with Crippen LogP contribution in [0.3, 0.4) is 0 Å². The van der Waals surface area contributed by atoms with Gasteiger partial charge in [-0.25, -0.2) is 0 Å². The van der Waals surface area contributed by atoms with Gasteiger partial charge in [-0.05, 0) is 40.4 Å². The van der Waals surface area contributed by atoms with Crippen LogP contribution in [0, 0.1) is 0 Å². The molecule has 1 aromatic heterocycles. The number of fused-ring (bicyclic) bond motifs is 6. The van der Waals surface area contributed by atoms with Crippen molar-refractivity contribution in [2.75, 3.05) is 28.4 Å². The number of benzene rings is 3. The standard InChI is InChI=1S/C19H17NO5/c1-21-15-5-10-11-6-16(22-2)18(24-4)8-13(11)19-14(9-20-25-19)12(10)7-17(15)23-3/h5-9H,1-4H3. The first-order valence-electron chi connectivity index (χ1n) is 7.69. The van der Waals surface area contributed by atoms with E-state index in [1.165, 1.54) is 0 Å². The molecule has 4 rings (SSSR count). The van der Waals surface area contributed by atoms with Crippen LogP contribution in [-0.4, -0.2) is 33.6 Å². The number of methoxy groups -OCH3 is 4. The zero-order chi connectivity index (χ0) is 17.6. The first-order chi connectivity index (χ1) is 12.2. The minimum Gasteiger partial charge on any atom is -0.493 e. The van der Waals surface area contributed by atoms with Gasteiger partial charge in [0.15, 0.2) is 28.6 Å². The van der Waals surface area contributed by atoms with Crippen molar-refractivity contribution in [3.63, 3.8) is 0 Å². The van der Waals surface area contributed by atoms with Gasteiger partial charge in [0.05, 0.1) is 40.0 Å². The van der Waals surface area contributed by atoms with Crippen molar-refractivity contribution in [1.82, 2.24) is 5.16 Å². The molecule has 0 aliphatic carbocycles. The quantitative estimate of drug-likeness (QED) is 0.520. The SMILES string of the molecule is COc1cc2c(cc1OC)c1cnoc1c1cc(OC)c(OC)cc21. The van der Waals surface area contributed by atoms with E-state index in [0.29, 0.717) is 28.6 Å². The van der Waals surface area contributed by atoms with E-state index >= 15 is 0 Å². The average Bonchev–Trinajstić information content (AvgIpc) is 3.15. The molecular weight excluding hydrogens is 322 g/mol. The molecule has 0 unspecified atom stereocenters. The highest BCUT2D eigenvalue weighted by Crippen LogP contribution is 2.43. The average molecular weight is 339 g/mol. The second kappa shape index (κ2) is 5.73. The highest BCUT2D eigenvalue weighted by molar-refractivity contribution is 6.24. The molecule has 3 aromatic carbocycles. The minimum atomic E-state index is 0.632. The van der Waals surface area contributed by atoms with E-state index in [4.69, 9.17) is 23.5 Å². The lowest BCUT2D eigenvalue weighted by molar-refractivity contribution is 0.355. The predicted octanol–water partition coefficient (Wildman–Crippen LogP) is 4.17. The molecule has 0 bridgehead atoms. The molecule has 0 saturated carbocycles. The van der Waals surface area contributed by atoms with Gasteiger partial charge in [-0.15, -0.1) is 0 Å². The number of hydrogen-bond donors (Lipinski definition) is 0. The fraction of sp³-hybridized carbons (Fsp3) is 0.211. The molecule has 0 fully saturated rings. The van der Waals surface area contributed by atoms with Crippen LogP contribution >= 0.6 is 0 Å². The van der Waals surface area contributed by atoms with Crippen LogP contribution in [0.5, 0.6) is 23.0 Å². The van der Waals surface area contributed by atoms with Crippen LogP contribution in [0.25, 0.3) is 32.5 Å². The summed E-state index contributed by atoms with van der Waals surface area (Å²) in [5.74, 6) is 2.58. The van der Waals surface area contributed by atoms with E-state index in [9.17, 15) is 0 Å². The third kappa shape index (κ3) is 2.14. The molecule has 25 heavy (non-hydrogen) atoms. The van der Waals surface area contributed by atoms with Crippen molar-refractivity contribution in [3.8, 4) is 23.0 Å². The first kappa shape index (κ1) is 15.4. The Morgan fingerprint density at radius 3 is 1.48 bits per heavy atom. The van der Waals surface area contributed by atoms with Gasteiger partial charge in [0.1, 0.15) is 0 Å². The van der Waals surface area contributed by atoms with Gasteiger partial charge >= 0.3 is 0 Å². The van der Waals surface area contributed by atoms with Gasteiger partial charge in [-0.3, -0.25) is 0 Å². The van der Waals surface area contributed by atoms with E-state index in [0.717, 1.165) is 26.9 Å². The summed E-state index contributed by atoms with van der Waals surface area (Å²) in [7, 11) is 6.45. The Morgan fingerprint density at radius 1 is 0.600 bits per heavy atom. The Kier molecular flexibility index (Phi) is 3.53. The molecule has 0 radical (unpaired) electrons. The lowest BCUT2D eigenvalue weighted by Gasteiger charge is -2.14. The zero-order valence-corrected chi connectivity index (χ0v) is 14.4. The Balaban J connectivity index is 2.25. The third-order valence-electron chi connectivity index (χ3n) is 4.44. The van der Waals surface area contributed by atoms with Crippen LogP contribution in [0.15, 0.2) is 35.0 Å². The normalized spacial score (nSPS) is 11.2. The van der Waals surface area contributed by atoms with Gasteiger partial charge < -0.3 is 23.5 Å². The van der Waals surface area contributed by atoms with Crippen molar-refractivity contribution in [1.29, 1.82) is 0 Å². The van der Waals surface area contributed by atoms with Crippen molar-refractivity contribution in [2.24, 2.45) is 0 Å². The van der Waals surface area contributed by atoms with Crippen LogP contribution in [0.4, 0.5) is 0 Å². The number of hydrogen-bond acceptors (Lipinski definition) is 6. The number of aromatic nitrogens is 1. The van der Waals surface area contributed by atoms with Gasteiger partial charge in [0, 0.05) is 5.39 Å². The van der Waals surface area contributed by atoms with E-state index < -0.39 is 0 Å². The third-order valence-corrected chi connectivity index (χ3v) is 4.44. The number of rotatable bonds is 4. The predicted molar refractivity (Wildman–Crippen MR) is 95.2 cm³/mol. The monoisotopic (exact) mass is 339 g/mol.